The van der Waals surface area contributed by atoms with Gasteiger partial charge >= 0.3 is 0 Å². The summed E-state index contributed by atoms with van der Waals surface area (Å²) >= 11 is 0. The summed E-state index contributed by atoms with van der Waals surface area (Å²) in [5.41, 5.74) is -2.84. The molecular weight excluding hydrogens is 796 g/mol. The first kappa shape index (κ1) is 46.9. The predicted molar refractivity (Wildman–Crippen MR) is 215 cm³/mol. The number of aliphatic hydroxyl groups excluding tert-OH is 9. The molecule has 3 heterocycles. The molecule has 0 aromatic carbocycles. The molecule has 0 spiro atoms. The maximum atomic E-state index is 12.7. The Hall–Kier alpha value is -0.640. The maximum absolute atomic E-state index is 12.7. The van der Waals surface area contributed by atoms with Gasteiger partial charge in [-0.25, -0.2) is 0 Å². The van der Waals surface area contributed by atoms with Crippen molar-refractivity contribution >= 4 is 0 Å². The summed E-state index contributed by atoms with van der Waals surface area (Å²) in [5.74, 6) is 0.132. The van der Waals surface area contributed by atoms with E-state index in [0.29, 0.717) is 19.3 Å². The van der Waals surface area contributed by atoms with Crippen LogP contribution in [0.3, 0.4) is 0 Å². The SMILES string of the molecule is CC(C)(O)C1CCC2(C)C1C(OC1OCC(O)C(O)C1O)CC1(C)C2CCC2C3(C)CCC(OC4OCC(O)C(OC5OCC(O)C(O)C5O)C4O)C(C)(C)C3C(O)CC21C. The first-order valence-electron chi connectivity index (χ1n) is 23.0. The van der Waals surface area contributed by atoms with Crippen LogP contribution in [0, 0.1) is 56.7 Å². The van der Waals surface area contributed by atoms with Gasteiger partial charge in [0.15, 0.2) is 18.9 Å². The second-order valence-corrected chi connectivity index (χ2v) is 22.8. The zero-order valence-electron chi connectivity index (χ0n) is 37.2. The molecule has 8 aliphatic rings. The molecule has 0 aromatic rings. The van der Waals surface area contributed by atoms with E-state index in [0.717, 1.165) is 32.1 Å². The van der Waals surface area contributed by atoms with Gasteiger partial charge < -0.3 is 79.5 Å². The summed E-state index contributed by atoms with van der Waals surface area (Å²) in [5, 5.41) is 109. The minimum Gasteiger partial charge on any atom is -0.393 e. The molecule has 0 bridgehead atoms. The van der Waals surface area contributed by atoms with E-state index in [1.807, 2.05) is 13.8 Å². The summed E-state index contributed by atoms with van der Waals surface area (Å²) < 4.78 is 36.4. The Labute approximate surface area is 359 Å². The van der Waals surface area contributed by atoms with Crippen molar-refractivity contribution in [2.24, 2.45) is 56.7 Å². The number of rotatable bonds is 7. The molecule has 352 valence electrons. The van der Waals surface area contributed by atoms with Crippen molar-refractivity contribution in [3.05, 3.63) is 0 Å². The standard InChI is InChI=1S/C45H76O16/c1-40(2)28(60-39-34(54)35(24(49)19-58-39)61-38-33(53)31(51)23(48)18-57-38)12-14-43(6)27-10-9-26-42(5)13-11-20(41(3,4)55)29(42)25(59-37-32(52)30(50)22(47)17-56-37)16-45(26,8)44(27,7)15-21(46)36(40)43/h20-39,46-55H,9-19H2,1-8H3. The fourth-order valence-corrected chi connectivity index (χ4v) is 16.0. The molecule has 24 atom stereocenters. The van der Waals surface area contributed by atoms with E-state index in [9.17, 15) is 51.1 Å². The average molecular weight is 873 g/mol. The van der Waals surface area contributed by atoms with Gasteiger partial charge in [0.2, 0.25) is 0 Å². The van der Waals surface area contributed by atoms with Crippen LogP contribution in [-0.4, -0.2) is 169 Å². The molecule has 10 N–H and O–H groups in total. The molecule has 16 heteroatoms. The number of fused-ring (bicyclic) bond motifs is 7. The summed E-state index contributed by atoms with van der Waals surface area (Å²) in [4.78, 5) is 0. The highest BCUT2D eigenvalue weighted by Gasteiger charge is 2.75. The number of hydrogen-bond donors (Lipinski definition) is 10. The summed E-state index contributed by atoms with van der Waals surface area (Å²) in [6.45, 7) is 16.7. The number of ether oxygens (including phenoxy) is 6. The van der Waals surface area contributed by atoms with Crippen LogP contribution in [0.15, 0.2) is 0 Å². The van der Waals surface area contributed by atoms with Gasteiger partial charge in [-0.2, -0.15) is 0 Å². The third-order valence-corrected chi connectivity index (χ3v) is 18.8. The maximum Gasteiger partial charge on any atom is 0.186 e. The minimum atomic E-state index is -1.61. The second-order valence-electron chi connectivity index (χ2n) is 22.8. The van der Waals surface area contributed by atoms with Gasteiger partial charge in [0.1, 0.15) is 54.9 Å². The Morgan fingerprint density at radius 1 is 0.525 bits per heavy atom. The van der Waals surface area contributed by atoms with E-state index in [1.165, 1.54) is 0 Å². The van der Waals surface area contributed by atoms with Gasteiger partial charge in [-0.3, -0.25) is 0 Å². The molecule has 3 saturated heterocycles. The third kappa shape index (κ3) is 7.23. The molecule has 0 radical (unpaired) electrons. The van der Waals surface area contributed by atoms with Crippen LogP contribution < -0.4 is 0 Å². The molecule has 0 amide bonds. The van der Waals surface area contributed by atoms with Crippen LogP contribution in [0.4, 0.5) is 0 Å². The monoisotopic (exact) mass is 873 g/mol. The van der Waals surface area contributed by atoms with Crippen LogP contribution in [-0.2, 0) is 28.4 Å². The average Bonchev–Trinajstić information content (AvgIpc) is 3.54. The summed E-state index contributed by atoms with van der Waals surface area (Å²) in [6.07, 6.45) is -11.9. The Bertz CT molecular complexity index is 1580. The summed E-state index contributed by atoms with van der Waals surface area (Å²) in [7, 11) is 0. The van der Waals surface area contributed by atoms with E-state index in [1.54, 1.807) is 0 Å². The Balaban J connectivity index is 1.05. The zero-order valence-corrected chi connectivity index (χ0v) is 37.2. The highest BCUT2D eigenvalue weighted by Crippen LogP contribution is 2.78. The molecular formula is C45H76O16. The topological polar surface area (TPSA) is 258 Å². The van der Waals surface area contributed by atoms with E-state index >= 15 is 0 Å². The second kappa shape index (κ2) is 16.0. The van der Waals surface area contributed by atoms with Crippen molar-refractivity contribution in [3.8, 4) is 0 Å². The van der Waals surface area contributed by atoms with Gasteiger partial charge in [-0.1, -0.05) is 41.5 Å². The van der Waals surface area contributed by atoms with Crippen molar-refractivity contribution in [2.75, 3.05) is 19.8 Å². The van der Waals surface area contributed by atoms with E-state index < -0.39 is 103 Å². The molecule has 3 aliphatic heterocycles. The Morgan fingerprint density at radius 3 is 1.59 bits per heavy atom. The van der Waals surface area contributed by atoms with Crippen LogP contribution in [0.1, 0.15) is 107 Å². The summed E-state index contributed by atoms with van der Waals surface area (Å²) in [6, 6.07) is 0. The lowest BCUT2D eigenvalue weighted by Crippen LogP contribution is -2.72. The molecule has 16 nitrogen and oxygen atoms in total. The molecule has 0 aromatic heterocycles. The van der Waals surface area contributed by atoms with E-state index in [-0.39, 0.29) is 71.1 Å². The van der Waals surface area contributed by atoms with Crippen LogP contribution in [0.5, 0.6) is 0 Å². The normalized spacial score (nSPS) is 57.3. The lowest BCUT2D eigenvalue weighted by molar-refractivity contribution is -0.351. The van der Waals surface area contributed by atoms with Crippen molar-refractivity contribution in [1.29, 1.82) is 0 Å². The predicted octanol–water partition coefficient (Wildman–Crippen LogP) is 0.551. The zero-order chi connectivity index (χ0) is 44.6. The molecule has 5 saturated carbocycles. The highest BCUT2D eigenvalue weighted by atomic mass is 16.7. The quantitative estimate of drug-likeness (QED) is 0.157. The molecule has 5 aliphatic carbocycles. The van der Waals surface area contributed by atoms with Crippen molar-refractivity contribution in [1.82, 2.24) is 0 Å². The Morgan fingerprint density at radius 2 is 1.02 bits per heavy atom. The Kier molecular flexibility index (Phi) is 12.3. The third-order valence-electron chi connectivity index (χ3n) is 18.8. The van der Waals surface area contributed by atoms with Gasteiger partial charge in [-0.05, 0) is 122 Å². The molecule has 61 heavy (non-hydrogen) atoms. The van der Waals surface area contributed by atoms with Crippen LogP contribution in [0.2, 0.25) is 0 Å². The fourth-order valence-electron chi connectivity index (χ4n) is 16.0. The molecule has 8 fully saturated rings. The van der Waals surface area contributed by atoms with E-state index in [4.69, 9.17) is 28.4 Å². The van der Waals surface area contributed by atoms with Gasteiger partial charge in [0, 0.05) is 0 Å². The van der Waals surface area contributed by atoms with Crippen molar-refractivity contribution in [2.45, 2.75) is 204 Å². The molecule has 8 rings (SSSR count). The highest BCUT2D eigenvalue weighted by molar-refractivity contribution is 5.23. The van der Waals surface area contributed by atoms with Gasteiger partial charge in [0.05, 0.1) is 43.7 Å². The van der Waals surface area contributed by atoms with Crippen LogP contribution in [0.25, 0.3) is 0 Å². The van der Waals surface area contributed by atoms with Gasteiger partial charge in [0.25, 0.3) is 0 Å². The lowest BCUT2D eigenvalue weighted by Gasteiger charge is -2.74. The van der Waals surface area contributed by atoms with Crippen LogP contribution >= 0.6 is 0 Å². The smallest absolute Gasteiger partial charge is 0.186 e. The minimum absolute atomic E-state index is 0.0582. The van der Waals surface area contributed by atoms with E-state index in [2.05, 4.69) is 41.5 Å². The largest absolute Gasteiger partial charge is 0.393 e. The van der Waals surface area contributed by atoms with Gasteiger partial charge in [-0.15, -0.1) is 0 Å². The van der Waals surface area contributed by atoms with Crippen molar-refractivity contribution in [3.63, 3.8) is 0 Å². The number of aliphatic hydroxyl groups is 10. The number of hydrogen-bond acceptors (Lipinski definition) is 16. The first-order chi connectivity index (χ1) is 28.3. The first-order valence-corrected chi connectivity index (χ1v) is 23.0. The van der Waals surface area contributed by atoms with Crippen molar-refractivity contribution < 1.29 is 79.5 Å². The molecule has 24 unspecified atom stereocenters. The lowest BCUT2D eigenvalue weighted by atomic mass is 9.31. The fraction of sp³-hybridized carbons (Fsp3) is 1.00.